The number of benzene rings is 1. The van der Waals surface area contributed by atoms with Crippen LogP contribution in [-0.4, -0.2) is 12.0 Å². The van der Waals surface area contributed by atoms with E-state index in [1.54, 1.807) is 0 Å². The minimum Gasteiger partial charge on any atom is -0.383 e. The van der Waals surface area contributed by atoms with Crippen LogP contribution in [0.2, 0.25) is 0 Å². The fourth-order valence-electron chi connectivity index (χ4n) is 2.42. The van der Waals surface area contributed by atoms with Gasteiger partial charge in [0.1, 0.15) is 5.82 Å². The summed E-state index contributed by atoms with van der Waals surface area (Å²) in [4.78, 5) is 4.26. The maximum absolute atomic E-state index is 6.02. The fourth-order valence-corrected chi connectivity index (χ4v) is 2.42. The number of nitrogens with two attached hydrogens (primary N) is 1. The summed E-state index contributed by atoms with van der Waals surface area (Å²) < 4.78 is 0. The predicted octanol–water partition coefficient (Wildman–Crippen LogP) is 3.09. The van der Waals surface area contributed by atoms with Crippen LogP contribution in [0.25, 0.3) is 0 Å². The van der Waals surface area contributed by atoms with Gasteiger partial charge in [-0.2, -0.15) is 0 Å². The molecule has 0 amide bonds. The third-order valence-electron chi connectivity index (χ3n) is 3.82. The molecule has 1 aromatic heterocycles. The van der Waals surface area contributed by atoms with Gasteiger partial charge in [-0.1, -0.05) is 18.2 Å². The lowest BCUT2D eigenvalue weighted by Gasteiger charge is -2.19. The predicted molar refractivity (Wildman–Crippen MR) is 84.8 cm³/mol. The van der Waals surface area contributed by atoms with E-state index in [2.05, 4.69) is 48.4 Å². The van der Waals surface area contributed by atoms with Gasteiger partial charge in [0, 0.05) is 17.8 Å². The Hall–Kier alpha value is -1.87. The summed E-state index contributed by atoms with van der Waals surface area (Å²) in [6.07, 6.45) is 2.72. The summed E-state index contributed by atoms with van der Waals surface area (Å²) in [5.74, 6) is 0.610. The van der Waals surface area contributed by atoms with E-state index in [1.165, 1.54) is 16.7 Å². The number of nitrogens with zero attached hydrogens (tertiary/aromatic N) is 1. The third kappa shape index (κ3) is 3.17. The minimum absolute atomic E-state index is 0.185. The Kier molecular flexibility index (Phi) is 4.40. The van der Waals surface area contributed by atoms with Crippen LogP contribution in [-0.2, 0) is 6.42 Å². The lowest BCUT2D eigenvalue weighted by atomic mass is 9.96. The summed E-state index contributed by atoms with van der Waals surface area (Å²) in [7, 11) is 1.97. The number of nitrogens with one attached hydrogen (secondary N) is 1. The molecule has 0 saturated carbocycles. The Balaban J connectivity index is 2.28. The maximum atomic E-state index is 6.02. The van der Waals surface area contributed by atoms with E-state index in [1.807, 2.05) is 20.2 Å². The SMILES string of the molecule is CNC(Cc1ccc(C)c(C)c1)c1cc(C)cnc1N. The van der Waals surface area contributed by atoms with Crippen LogP contribution >= 0.6 is 0 Å². The Bertz CT molecular complexity index is 605. The number of likely N-dealkylation sites (N-methyl/N-ethyl adjacent to an activating group) is 1. The molecule has 3 heteroatoms. The van der Waals surface area contributed by atoms with E-state index in [0.29, 0.717) is 5.82 Å². The average molecular weight is 269 g/mol. The number of rotatable bonds is 4. The maximum Gasteiger partial charge on any atom is 0.128 e. The monoisotopic (exact) mass is 269 g/mol. The van der Waals surface area contributed by atoms with E-state index in [0.717, 1.165) is 17.5 Å². The van der Waals surface area contributed by atoms with Gasteiger partial charge in [-0.05, 0) is 62.6 Å². The van der Waals surface area contributed by atoms with Crippen molar-refractivity contribution in [2.24, 2.45) is 0 Å². The molecule has 3 nitrogen and oxygen atoms in total. The van der Waals surface area contributed by atoms with Crippen molar-refractivity contribution >= 4 is 5.82 Å². The largest absolute Gasteiger partial charge is 0.383 e. The molecular formula is C17H23N3. The smallest absolute Gasteiger partial charge is 0.128 e. The highest BCUT2D eigenvalue weighted by Crippen LogP contribution is 2.24. The molecule has 0 aliphatic rings. The molecule has 1 aromatic carbocycles. The molecule has 1 heterocycles. The van der Waals surface area contributed by atoms with Gasteiger partial charge < -0.3 is 11.1 Å². The Morgan fingerprint density at radius 3 is 2.55 bits per heavy atom. The summed E-state index contributed by atoms with van der Waals surface area (Å²) in [5.41, 5.74) is 12.2. The molecule has 2 rings (SSSR count). The summed E-state index contributed by atoms with van der Waals surface area (Å²) in [6, 6.07) is 8.91. The van der Waals surface area contributed by atoms with Crippen LogP contribution in [0.3, 0.4) is 0 Å². The molecule has 0 aliphatic heterocycles. The number of pyridine rings is 1. The summed E-state index contributed by atoms with van der Waals surface area (Å²) >= 11 is 0. The molecule has 0 bridgehead atoms. The molecule has 0 spiro atoms. The van der Waals surface area contributed by atoms with Gasteiger partial charge in [-0.3, -0.25) is 0 Å². The second kappa shape index (κ2) is 6.06. The van der Waals surface area contributed by atoms with Crippen molar-refractivity contribution in [2.75, 3.05) is 12.8 Å². The normalized spacial score (nSPS) is 12.4. The highest BCUT2D eigenvalue weighted by Gasteiger charge is 2.14. The van der Waals surface area contributed by atoms with Crippen molar-refractivity contribution < 1.29 is 0 Å². The zero-order chi connectivity index (χ0) is 14.7. The zero-order valence-electron chi connectivity index (χ0n) is 12.7. The van der Waals surface area contributed by atoms with Gasteiger partial charge in [0.25, 0.3) is 0 Å². The van der Waals surface area contributed by atoms with E-state index in [-0.39, 0.29) is 6.04 Å². The lowest BCUT2D eigenvalue weighted by molar-refractivity contribution is 0.591. The minimum atomic E-state index is 0.185. The fraction of sp³-hybridized carbons (Fsp3) is 0.353. The van der Waals surface area contributed by atoms with Crippen LogP contribution in [0.4, 0.5) is 5.82 Å². The first-order valence-electron chi connectivity index (χ1n) is 6.96. The standard InChI is InChI=1S/C17H23N3/c1-11-7-15(17(18)20-10-11)16(19-4)9-14-6-5-12(2)13(3)8-14/h5-8,10,16,19H,9H2,1-4H3,(H2,18,20). The molecule has 3 N–H and O–H groups in total. The quantitative estimate of drug-likeness (QED) is 0.896. The molecule has 0 radical (unpaired) electrons. The van der Waals surface area contributed by atoms with Gasteiger partial charge in [0.15, 0.2) is 0 Å². The van der Waals surface area contributed by atoms with E-state index >= 15 is 0 Å². The molecule has 0 fully saturated rings. The van der Waals surface area contributed by atoms with Gasteiger partial charge in [0.2, 0.25) is 0 Å². The second-order valence-electron chi connectivity index (χ2n) is 5.45. The third-order valence-corrected chi connectivity index (χ3v) is 3.82. The number of anilines is 1. The molecule has 20 heavy (non-hydrogen) atoms. The molecule has 106 valence electrons. The first-order valence-corrected chi connectivity index (χ1v) is 6.96. The lowest BCUT2D eigenvalue weighted by Crippen LogP contribution is -2.21. The number of hydrogen-bond donors (Lipinski definition) is 2. The first kappa shape index (κ1) is 14.5. The number of aromatic nitrogens is 1. The molecule has 1 atom stereocenters. The zero-order valence-corrected chi connectivity index (χ0v) is 12.7. The molecule has 1 unspecified atom stereocenters. The van der Waals surface area contributed by atoms with Crippen LogP contribution in [0.15, 0.2) is 30.5 Å². The summed E-state index contributed by atoms with van der Waals surface area (Å²) in [5, 5.41) is 3.35. The number of nitrogen functional groups attached to an aromatic ring is 1. The van der Waals surface area contributed by atoms with Gasteiger partial charge in [0.05, 0.1) is 0 Å². The number of aryl methyl sites for hydroxylation is 3. The molecule has 0 aliphatic carbocycles. The van der Waals surface area contributed by atoms with Crippen LogP contribution in [0.5, 0.6) is 0 Å². The second-order valence-corrected chi connectivity index (χ2v) is 5.45. The van der Waals surface area contributed by atoms with Crippen molar-refractivity contribution in [1.29, 1.82) is 0 Å². The Labute approximate surface area is 121 Å². The van der Waals surface area contributed by atoms with Crippen molar-refractivity contribution in [2.45, 2.75) is 33.2 Å². The van der Waals surface area contributed by atoms with E-state index < -0.39 is 0 Å². The van der Waals surface area contributed by atoms with Gasteiger partial charge in [-0.15, -0.1) is 0 Å². The van der Waals surface area contributed by atoms with E-state index in [4.69, 9.17) is 5.73 Å². The molecular weight excluding hydrogens is 246 g/mol. The summed E-state index contributed by atoms with van der Waals surface area (Å²) in [6.45, 7) is 6.33. The van der Waals surface area contributed by atoms with Crippen LogP contribution in [0.1, 0.15) is 33.9 Å². The van der Waals surface area contributed by atoms with Crippen LogP contribution < -0.4 is 11.1 Å². The number of hydrogen-bond acceptors (Lipinski definition) is 3. The molecule has 2 aromatic rings. The average Bonchev–Trinajstić information content (AvgIpc) is 2.43. The first-order chi connectivity index (χ1) is 9.51. The van der Waals surface area contributed by atoms with Crippen molar-refractivity contribution in [3.63, 3.8) is 0 Å². The van der Waals surface area contributed by atoms with Gasteiger partial charge >= 0.3 is 0 Å². The Morgan fingerprint density at radius 1 is 1.15 bits per heavy atom. The highest BCUT2D eigenvalue weighted by atomic mass is 14.9. The van der Waals surface area contributed by atoms with Crippen LogP contribution in [0, 0.1) is 20.8 Å². The van der Waals surface area contributed by atoms with E-state index in [9.17, 15) is 0 Å². The van der Waals surface area contributed by atoms with Gasteiger partial charge in [-0.25, -0.2) is 4.98 Å². The van der Waals surface area contributed by atoms with Crippen molar-refractivity contribution in [3.8, 4) is 0 Å². The van der Waals surface area contributed by atoms with Crippen molar-refractivity contribution in [1.82, 2.24) is 10.3 Å². The molecule has 0 saturated heterocycles. The highest BCUT2D eigenvalue weighted by molar-refractivity contribution is 5.44. The van der Waals surface area contributed by atoms with Crippen molar-refractivity contribution in [3.05, 3.63) is 58.3 Å². The topological polar surface area (TPSA) is 50.9 Å². The Morgan fingerprint density at radius 2 is 1.90 bits per heavy atom.